The van der Waals surface area contributed by atoms with E-state index in [1.54, 1.807) is 0 Å². The second-order valence-electron chi connectivity index (χ2n) is 5.29. The fourth-order valence-corrected chi connectivity index (χ4v) is 3.48. The lowest BCUT2D eigenvalue weighted by atomic mass is 10.0. The van der Waals surface area contributed by atoms with Gasteiger partial charge in [-0.2, -0.15) is 0 Å². The molecule has 6 nitrogen and oxygen atoms in total. The summed E-state index contributed by atoms with van der Waals surface area (Å²) in [4.78, 5) is 38.2. The van der Waals surface area contributed by atoms with Crippen molar-refractivity contribution in [1.29, 1.82) is 0 Å². The lowest BCUT2D eigenvalue weighted by molar-refractivity contribution is -0.136. The monoisotopic (exact) mass is 320 g/mol. The van der Waals surface area contributed by atoms with E-state index < -0.39 is 11.9 Å². The summed E-state index contributed by atoms with van der Waals surface area (Å²) >= 11 is 1.48. The van der Waals surface area contributed by atoms with Crippen molar-refractivity contribution in [1.82, 2.24) is 10.2 Å². The van der Waals surface area contributed by atoms with Crippen LogP contribution in [0.15, 0.2) is 23.1 Å². The predicted octanol–water partition coefficient (Wildman–Crippen LogP) is 0.532. The summed E-state index contributed by atoms with van der Waals surface area (Å²) in [7, 11) is 0. The highest BCUT2D eigenvalue weighted by Crippen LogP contribution is 2.30. The van der Waals surface area contributed by atoms with Crippen LogP contribution in [0.25, 0.3) is 0 Å². The van der Waals surface area contributed by atoms with Crippen molar-refractivity contribution in [2.75, 3.05) is 12.4 Å². The SMILES string of the molecule is O=C1CCC(N2Cc3ccc(SCCO)cc3C2=O)C(=O)N1. The first-order valence-corrected chi connectivity index (χ1v) is 8.10. The lowest BCUT2D eigenvalue weighted by Gasteiger charge is -2.29. The number of fused-ring (bicyclic) bond motifs is 1. The van der Waals surface area contributed by atoms with Gasteiger partial charge in [0.05, 0.1) is 6.61 Å². The molecule has 22 heavy (non-hydrogen) atoms. The second-order valence-corrected chi connectivity index (χ2v) is 6.46. The summed E-state index contributed by atoms with van der Waals surface area (Å²) in [6.45, 7) is 0.476. The van der Waals surface area contributed by atoms with Crippen LogP contribution in [0.4, 0.5) is 0 Å². The highest BCUT2D eigenvalue weighted by atomic mass is 32.2. The Balaban J connectivity index is 1.79. The summed E-state index contributed by atoms with van der Waals surface area (Å²) < 4.78 is 0. The molecule has 0 bridgehead atoms. The minimum absolute atomic E-state index is 0.0814. The normalized spacial score (nSPS) is 21.0. The van der Waals surface area contributed by atoms with Gasteiger partial charge in [-0.1, -0.05) is 6.07 Å². The quantitative estimate of drug-likeness (QED) is 0.624. The standard InChI is InChI=1S/C15H16N2O4S/c18-5-6-22-10-2-1-9-8-17(15(21)11(9)7-10)12-3-4-13(19)16-14(12)20/h1-2,7,12,18H,3-6,8H2,(H,16,19,20). The molecule has 1 aromatic carbocycles. The number of imide groups is 1. The summed E-state index contributed by atoms with van der Waals surface area (Å²) in [5.74, 6) is -0.277. The molecule has 2 aliphatic rings. The first-order chi connectivity index (χ1) is 10.6. The van der Waals surface area contributed by atoms with Crippen LogP contribution in [0.5, 0.6) is 0 Å². The van der Waals surface area contributed by atoms with Crippen LogP contribution < -0.4 is 5.32 Å². The number of benzene rings is 1. The van der Waals surface area contributed by atoms with E-state index in [9.17, 15) is 14.4 Å². The predicted molar refractivity (Wildman–Crippen MR) is 80.3 cm³/mol. The molecule has 3 rings (SSSR count). The molecule has 2 N–H and O–H groups in total. The van der Waals surface area contributed by atoms with Gasteiger partial charge in [-0.05, 0) is 24.1 Å². The molecule has 1 unspecified atom stereocenters. The molecule has 0 aliphatic carbocycles. The highest BCUT2D eigenvalue weighted by Gasteiger charge is 2.39. The zero-order valence-electron chi connectivity index (χ0n) is 11.9. The number of hydrogen-bond donors (Lipinski definition) is 2. The van der Waals surface area contributed by atoms with Crippen molar-refractivity contribution in [3.8, 4) is 0 Å². The van der Waals surface area contributed by atoms with Gasteiger partial charge in [0, 0.05) is 29.2 Å². The third kappa shape index (κ3) is 2.74. The van der Waals surface area contributed by atoms with Crippen molar-refractivity contribution in [2.24, 2.45) is 0 Å². The van der Waals surface area contributed by atoms with Gasteiger partial charge in [0.25, 0.3) is 5.91 Å². The number of carbonyl (C=O) groups is 3. The van der Waals surface area contributed by atoms with Crippen molar-refractivity contribution >= 4 is 29.5 Å². The van der Waals surface area contributed by atoms with E-state index in [0.717, 1.165) is 10.5 Å². The summed E-state index contributed by atoms with van der Waals surface area (Å²) in [6, 6.07) is 5.04. The minimum atomic E-state index is -0.578. The molecule has 3 amide bonds. The van der Waals surface area contributed by atoms with Crippen molar-refractivity contribution in [3.05, 3.63) is 29.3 Å². The molecule has 2 heterocycles. The van der Waals surface area contributed by atoms with Crippen molar-refractivity contribution < 1.29 is 19.5 Å². The Kier molecular flexibility index (Phi) is 4.17. The average Bonchev–Trinajstić information content (AvgIpc) is 2.82. The van der Waals surface area contributed by atoms with E-state index in [4.69, 9.17) is 5.11 Å². The molecular weight excluding hydrogens is 304 g/mol. The summed E-state index contributed by atoms with van der Waals surface area (Å²) in [5, 5.41) is 11.2. The number of amides is 3. The maximum Gasteiger partial charge on any atom is 0.255 e. The molecule has 2 aliphatic heterocycles. The zero-order chi connectivity index (χ0) is 15.7. The Morgan fingerprint density at radius 1 is 1.32 bits per heavy atom. The van der Waals surface area contributed by atoms with Crippen LogP contribution in [0.2, 0.25) is 0 Å². The van der Waals surface area contributed by atoms with Crippen LogP contribution in [0.3, 0.4) is 0 Å². The largest absolute Gasteiger partial charge is 0.396 e. The third-order valence-electron chi connectivity index (χ3n) is 3.86. The second kappa shape index (κ2) is 6.10. The number of rotatable bonds is 4. The zero-order valence-corrected chi connectivity index (χ0v) is 12.7. The third-order valence-corrected chi connectivity index (χ3v) is 4.83. The van der Waals surface area contributed by atoms with Crippen LogP contribution in [-0.2, 0) is 16.1 Å². The van der Waals surface area contributed by atoms with Gasteiger partial charge in [-0.3, -0.25) is 19.7 Å². The van der Waals surface area contributed by atoms with Crippen molar-refractivity contribution in [2.45, 2.75) is 30.3 Å². The Hall–Kier alpha value is -1.86. The molecule has 1 fully saturated rings. The van der Waals surface area contributed by atoms with Gasteiger partial charge in [0.15, 0.2) is 0 Å². The molecule has 0 aromatic heterocycles. The Morgan fingerprint density at radius 2 is 2.14 bits per heavy atom. The van der Waals surface area contributed by atoms with Gasteiger partial charge in [-0.15, -0.1) is 11.8 Å². The van der Waals surface area contributed by atoms with E-state index in [2.05, 4.69) is 5.32 Å². The van der Waals surface area contributed by atoms with Gasteiger partial charge >= 0.3 is 0 Å². The number of nitrogens with zero attached hydrogens (tertiary/aromatic N) is 1. The molecule has 7 heteroatoms. The Morgan fingerprint density at radius 3 is 2.86 bits per heavy atom. The molecule has 1 saturated heterocycles. The topological polar surface area (TPSA) is 86.7 Å². The van der Waals surface area contributed by atoms with E-state index in [1.807, 2.05) is 18.2 Å². The molecular formula is C15H16N2O4S. The van der Waals surface area contributed by atoms with Crippen LogP contribution in [-0.4, -0.2) is 46.1 Å². The Bertz CT molecular complexity index is 646. The van der Waals surface area contributed by atoms with E-state index in [1.165, 1.54) is 16.7 Å². The number of hydrogen-bond acceptors (Lipinski definition) is 5. The van der Waals surface area contributed by atoms with E-state index in [0.29, 0.717) is 24.3 Å². The van der Waals surface area contributed by atoms with Gasteiger partial charge < -0.3 is 10.0 Å². The first kappa shape index (κ1) is 15.1. The first-order valence-electron chi connectivity index (χ1n) is 7.11. The van der Waals surface area contributed by atoms with Crippen LogP contribution >= 0.6 is 11.8 Å². The lowest BCUT2D eigenvalue weighted by Crippen LogP contribution is -2.52. The van der Waals surface area contributed by atoms with E-state index >= 15 is 0 Å². The van der Waals surface area contributed by atoms with Crippen LogP contribution in [0.1, 0.15) is 28.8 Å². The maximum atomic E-state index is 12.6. The summed E-state index contributed by atoms with van der Waals surface area (Å²) in [5.41, 5.74) is 1.50. The molecule has 0 saturated carbocycles. The molecule has 1 atom stereocenters. The average molecular weight is 320 g/mol. The number of piperidine rings is 1. The molecule has 116 valence electrons. The molecule has 1 aromatic rings. The van der Waals surface area contributed by atoms with Gasteiger partial charge in [-0.25, -0.2) is 0 Å². The molecule has 0 spiro atoms. The fraction of sp³-hybridized carbons (Fsp3) is 0.400. The number of aliphatic hydroxyl groups excluding tert-OH is 1. The summed E-state index contributed by atoms with van der Waals surface area (Å²) in [6.07, 6.45) is 0.630. The van der Waals surface area contributed by atoms with Crippen molar-refractivity contribution in [3.63, 3.8) is 0 Å². The fourth-order valence-electron chi connectivity index (χ4n) is 2.79. The number of nitrogens with one attached hydrogen (secondary N) is 1. The number of carbonyl (C=O) groups excluding carboxylic acids is 3. The van der Waals surface area contributed by atoms with Gasteiger partial charge in [0.1, 0.15) is 6.04 Å². The van der Waals surface area contributed by atoms with Crippen LogP contribution in [0, 0.1) is 0 Å². The highest BCUT2D eigenvalue weighted by molar-refractivity contribution is 7.99. The Labute approximate surface area is 131 Å². The smallest absolute Gasteiger partial charge is 0.255 e. The van der Waals surface area contributed by atoms with E-state index in [-0.39, 0.29) is 24.8 Å². The molecule has 0 radical (unpaired) electrons. The number of aliphatic hydroxyl groups is 1. The van der Waals surface area contributed by atoms with Gasteiger partial charge in [0.2, 0.25) is 11.8 Å². The minimum Gasteiger partial charge on any atom is -0.396 e. The maximum absolute atomic E-state index is 12.6. The number of thioether (sulfide) groups is 1.